The van der Waals surface area contributed by atoms with E-state index in [4.69, 9.17) is 4.74 Å². The molecule has 1 aliphatic heterocycles. The SMILES string of the molecule is CC(C)Oc1ccc2c(c1)C(c1ccnc(NC(=O)CCc3cnn(C)c3)c1)=N2. The fourth-order valence-electron chi connectivity index (χ4n) is 3.21. The molecule has 0 atom stereocenters. The Morgan fingerprint density at radius 3 is 2.86 bits per heavy atom. The van der Waals surface area contributed by atoms with Crippen molar-refractivity contribution in [1.29, 1.82) is 0 Å². The number of fused-ring (bicyclic) bond motifs is 1. The van der Waals surface area contributed by atoms with Gasteiger partial charge in [0.25, 0.3) is 0 Å². The molecule has 7 nitrogen and oxygen atoms in total. The first-order valence-corrected chi connectivity index (χ1v) is 9.61. The molecule has 0 fully saturated rings. The molecule has 4 rings (SSSR count). The number of rotatable bonds is 7. The molecule has 0 aliphatic carbocycles. The molecule has 0 radical (unpaired) electrons. The van der Waals surface area contributed by atoms with Crippen molar-refractivity contribution in [1.82, 2.24) is 14.8 Å². The molecule has 0 unspecified atom stereocenters. The maximum absolute atomic E-state index is 12.3. The Labute approximate surface area is 169 Å². The predicted octanol–water partition coefficient (Wildman–Crippen LogP) is 3.66. The summed E-state index contributed by atoms with van der Waals surface area (Å²) in [7, 11) is 1.86. The molecule has 29 heavy (non-hydrogen) atoms. The van der Waals surface area contributed by atoms with Crippen molar-refractivity contribution in [3.8, 4) is 5.75 Å². The highest BCUT2D eigenvalue weighted by molar-refractivity contribution is 6.22. The van der Waals surface area contributed by atoms with Gasteiger partial charge in [-0.25, -0.2) is 9.98 Å². The third-order valence-corrected chi connectivity index (χ3v) is 4.53. The molecule has 7 heteroatoms. The minimum absolute atomic E-state index is 0.0814. The molecule has 2 aromatic heterocycles. The number of ether oxygens (including phenoxy) is 1. The number of anilines is 1. The van der Waals surface area contributed by atoms with Gasteiger partial charge in [0.1, 0.15) is 11.6 Å². The number of carbonyl (C=O) groups excluding carboxylic acids is 1. The average Bonchev–Trinajstić information content (AvgIpc) is 3.08. The first kappa shape index (κ1) is 18.9. The highest BCUT2D eigenvalue weighted by atomic mass is 16.5. The Kier molecular flexibility index (Phi) is 5.12. The standard InChI is InChI=1S/C22H23N5O2/c1-14(2)29-17-5-6-19-18(11-17)22(25-19)16-8-9-23-20(10-16)26-21(28)7-4-15-12-24-27(3)13-15/h5-6,8-14H,4,7H2,1-3H3,(H,23,26,28). The Balaban J connectivity index is 1.42. The molecule has 0 saturated heterocycles. The fraction of sp³-hybridized carbons (Fsp3) is 0.273. The van der Waals surface area contributed by atoms with E-state index in [0.29, 0.717) is 18.7 Å². The number of amides is 1. The number of aromatic nitrogens is 3. The van der Waals surface area contributed by atoms with Gasteiger partial charge in [0.05, 0.1) is 23.7 Å². The highest BCUT2D eigenvalue weighted by Gasteiger charge is 2.22. The highest BCUT2D eigenvalue weighted by Crippen LogP contribution is 2.36. The van der Waals surface area contributed by atoms with Crippen molar-refractivity contribution < 1.29 is 9.53 Å². The minimum atomic E-state index is -0.0814. The normalized spacial score (nSPS) is 12.2. The number of carbonyl (C=O) groups is 1. The van der Waals surface area contributed by atoms with Gasteiger partial charge in [0.15, 0.2) is 0 Å². The lowest BCUT2D eigenvalue weighted by Crippen LogP contribution is -2.16. The van der Waals surface area contributed by atoms with Crippen LogP contribution in [0.1, 0.15) is 37.0 Å². The monoisotopic (exact) mass is 389 g/mol. The van der Waals surface area contributed by atoms with Gasteiger partial charge in [-0.05, 0) is 56.2 Å². The van der Waals surface area contributed by atoms with Crippen LogP contribution in [-0.2, 0) is 18.3 Å². The Hall–Kier alpha value is -3.48. The number of aliphatic imine (C=N–C) groups is 1. The third-order valence-electron chi connectivity index (χ3n) is 4.53. The molecule has 1 aromatic carbocycles. The number of pyridine rings is 1. The third kappa shape index (κ3) is 4.34. The van der Waals surface area contributed by atoms with Crippen molar-refractivity contribution in [3.63, 3.8) is 0 Å². The van der Waals surface area contributed by atoms with Crippen LogP contribution in [0.15, 0.2) is 53.9 Å². The van der Waals surface area contributed by atoms with Gasteiger partial charge in [-0.2, -0.15) is 5.10 Å². The first-order valence-electron chi connectivity index (χ1n) is 9.61. The number of nitrogens with one attached hydrogen (secondary N) is 1. The largest absolute Gasteiger partial charge is 0.491 e. The Morgan fingerprint density at radius 2 is 2.10 bits per heavy atom. The lowest BCUT2D eigenvalue weighted by Gasteiger charge is -2.21. The topological polar surface area (TPSA) is 81.4 Å². The summed E-state index contributed by atoms with van der Waals surface area (Å²) < 4.78 is 7.51. The maximum Gasteiger partial charge on any atom is 0.225 e. The van der Waals surface area contributed by atoms with Gasteiger partial charge < -0.3 is 10.1 Å². The molecule has 0 bridgehead atoms. The van der Waals surface area contributed by atoms with Crippen LogP contribution in [0.25, 0.3) is 0 Å². The zero-order chi connectivity index (χ0) is 20.4. The Bertz CT molecular complexity index is 1080. The molecular formula is C22H23N5O2. The fourth-order valence-corrected chi connectivity index (χ4v) is 3.21. The van der Waals surface area contributed by atoms with Crippen LogP contribution >= 0.6 is 0 Å². The lowest BCUT2D eigenvalue weighted by molar-refractivity contribution is -0.116. The average molecular weight is 389 g/mol. The molecule has 3 aromatic rings. The summed E-state index contributed by atoms with van der Waals surface area (Å²) in [5.41, 5.74) is 4.81. The number of benzene rings is 1. The van der Waals surface area contributed by atoms with E-state index in [1.165, 1.54) is 0 Å². The molecule has 3 heterocycles. The molecule has 1 amide bonds. The van der Waals surface area contributed by atoms with Crippen molar-refractivity contribution >= 4 is 23.1 Å². The van der Waals surface area contributed by atoms with Crippen LogP contribution in [0.2, 0.25) is 0 Å². The van der Waals surface area contributed by atoms with Gasteiger partial charge in [0, 0.05) is 37.0 Å². The smallest absolute Gasteiger partial charge is 0.225 e. The van der Waals surface area contributed by atoms with Crippen LogP contribution in [0.3, 0.4) is 0 Å². The van der Waals surface area contributed by atoms with Gasteiger partial charge in [-0.1, -0.05) is 0 Å². The van der Waals surface area contributed by atoms with Crippen LogP contribution in [0.5, 0.6) is 5.75 Å². The van der Waals surface area contributed by atoms with E-state index in [9.17, 15) is 4.79 Å². The van der Waals surface area contributed by atoms with Crippen LogP contribution in [0.4, 0.5) is 11.5 Å². The zero-order valence-corrected chi connectivity index (χ0v) is 16.7. The first-order chi connectivity index (χ1) is 14.0. The summed E-state index contributed by atoms with van der Waals surface area (Å²) in [6.45, 7) is 4.00. The van der Waals surface area contributed by atoms with E-state index in [1.807, 2.05) is 57.4 Å². The number of nitrogens with zero attached hydrogens (tertiary/aromatic N) is 4. The lowest BCUT2D eigenvalue weighted by atomic mass is 9.96. The van der Waals surface area contributed by atoms with E-state index in [2.05, 4.69) is 20.4 Å². The molecule has 0 saturated carbocycles. The molecular weight excluding hydrogens is 366 g/mol. The van der Waals surface area contributed by atoms with Gasteiger partial charge in [-0.3, -0.25) is 9.48 Å². The van der Waals surface area contributed by atoms with Crippen molar-refractivity contribution in [2.24, 2.45) is 12.0 Å². The minimum Gasteiger partial charge on any atom is -0.491 e. The number of hydrogen-bond acceptors (Lipinski definition) is 5. The summed E-state index contributed by atoms with van der Waals surface area (Å²) in [6, 6.07) is 9.63. The molecule has 148 valence electrons. The van der Waals surface area contributed by atoms with E-state index in [0.717, 1.165) is 33.8 Å². The van der Waals surface area contributed by atoms with E-state index in [-0.39, 0.29) is 12.0 Å². The summed E-state index contributed by atoms with van der Waals surface area (Å²) in [4.78, 5) is 21.1. The van der Waals surface area contributed by atoms with Crippen LogP contribution in [0, 0.1) is 0 Å². The van der Waals surface area contributed by atoms with Gasteiger partial charge in [-0.15, -0.1) is 0 Å². The molecule has 1 N–H and O–H groups in total. The molecule has 1 aliphatic rings. The Morgan fingerprint density at radius 1 is 1.24 bits per heavy atom. The second-order valence-electron chi connectivity index (χ2n) is 7.31. The summed E-state index contributed by atoms with van der Waals surface area (Å²) in [5, 5.41) is 6.98. The predicted molar refractivity (Wildman–Crippen MR) is 112 cm³/mol. The second-order valence-corrected chi connectivity index (χ2v) is 7.31. The number of aryl methyl sites for hydroxylation is 2. The quantitative estimate of drug-likeness (QED) is 0.523. The van der Waals surface area contributed by atoms with E-state index in [1.54, 1.807) is 17.1 Å². The van der Waals surface area contributed by atoms with Crippen LogP contribution < -0.4 is 10.1 Å². The van der Waals surface area contributed by atoms with E-state index < -0.39 is 0 Å². The van der Waals surface area contributed by atoms with Gasteiger partial charge >= 0.3 is 0 Å². The van der Waals surface area contributed by atoms with Crippen molar-refractivity contribution in [2.75, 3.05) is 5.32 Å². The van der Waals surface area contributed by atoms with Gasteiger partial charge in [0.2, 0.25) is 5.91 Å². The van der Waals surface area contributed by atoms with Crippen molar-refractivity contribution in [3.05, 3.63) is 65.6 Å². The summed E-state index contributed by atoms with van der Waals surface area (Å²) in [6.07, 6.45) is 6.49. The second kappa shape index (κ2) is 7.87. The van der Waals surface area contributed by atoms with Crippen LogP contribution in [-0.4, -0.2) is 32.5 Å². The maximum atomic E-state index is 12.3. The van der Waals surface area contributed by atoms with E-state index >= 15 is 0 Å². The van der Waals surface area contributed by atoms with Crippen molar-refractivity contribution in [2.45, 2.75) is 32.8 Å². The summed E-state index contributed by atoms with van der Waals surface area (Å²) >= 11 is 0. The molecule has 0 spiro atoms. The number of hydrogen-bond donors (Lipinski definition) is 1. The zero-order valence-electron chi connectivity index (χ0n) is 16.7. The summed E-state index contributed by atoms with van der Waals surface area (Å²) in [5.74, 6) is 1.26.